The van der Waals surface area contributed by atoms with Crippen molar-refractivity contribution in [2.45, 2.75) is 24.9 Å². The third-order valence-corrected chi connectivity index (χ3v) is 4.00. The average molecular weight is 287 g/mol. The molecule has 0 aromatic carbocycles. The fraction of sp³-hybridized carbons (Fsp3) is 0.385. The van der Waals surface area contributed by atoms with E-state index in [4.69, 9.17) is 4.42 Å². The number of hydroxylamine groups is 2. The molecule has 8 heteroatoms. The first kappa shape index (κ1) is 12.3. The fourth-order valence-corrected chi connectivity index (χ4v) is 2.89. The Hall–Kier alpha value is -2.48. The number of hydrogen-bond acceptors (Lipinski definition) is 6. The number of piperidine rings is 1. The molecule has 0 saturated carbocycles. The molecular formula is C13H13N5O3. The first-order chi connectivity index (χ1) is 10.2. The molecule has 21 heavy (non-hydrogen) atoms. The monoisotopic (exact) mass is 287 g/mol. The molecule has 1 N–H and O–H groups in total. The topological polar surface area (TPSA) is 95.6 Å². The second kappa shape index (κ2) is 4.52. The number of carbonyl (C=O) groups is 1. The molecule has 8 nitrogen and oxygen atoms in total. The van der Waals surface area contributed by atoms with Gasteiger partial charge in [0.1, 0.15) is 6.04 Å². The number of rotatable bonds is 2. The van der Waals surface area contributed by atoms with Crippen molar-refractivity contribution >= 4 is 6.03 Å². The van der Waals surface area contributed by atoms with E-state index in [0.717, 1.165) is 17.0 Å². The minimum atomic E-state index is -0.397. The van der Waals surface area contributed by atoms with Crippen LogP contribution in [0.25, 0.3) is 11.5 Å². The lowest BCUT2D eigenvalue weighted by molar-refractivity contribution is -0.0584. The average Bonchev–Trinajstić information content (AvgIpc) is 3.10. The minimum Gasteiger partial charge on any atom is -0.418 e. The van der Waals surface area contributed by atoms with Gasteiger partial charge in [-0.2, -0.15) is 0 Å². The Morgan fingerprint density at radius 3 is 2.86 bits per heavy atom. The van der Waals surface area contributed by atoms with Crippen molar-refractivity contribution in [2.75, 3.05) is 6.54 Å². The molecule has 2 bridgehead atoms. The SMILES string of the molecule is O=C1N(O)[C@@H]2CC[C@@H](c3nnc(-c4ccncc4)o3)N1C2. The highest BCUT2D eigenvalue weighted by molar-refractivity contribution is 5.76. The molecule has 2 atom stereocenters. The number of nitrogens with zero attached hydrogens (tertiary/aromatic N) is 5. The van der Waals surface area contributed by atoms with Gasteiger partial charge in [-0.1, -0.05) is 0 Å². The van der Waals surface area contributed by atoms with Crippen LogP contribution in [0.1, 0.15) is 24.8 Å². The molecular weight excluding hydrogens is 274 g/mol. The van der Waals surface area contributed by atoms with Crippen LogP contribution in [0.4, 0.5) is 4.79 Å². The molecule has 0 radical (unpaired) electrons. The number of hydrogen-bond donors (Lipinski definition) is 1. The van der Waals surface area contributed by atoms with E-state index in [0.29, 0.717) is 24.7 Å². The smallest absolute Gasteiger partial charge is 0.344 e. The number of fused-ring (bicyclic) bond motifs is 2. The van der Waals surface area contributed by atoms with Crippen molar-refractivity contribution in [3.05, 3.63) is 30.4 Å². The van der Waals surface area contributed by atoms with Gasteiger partial charge in [0.2, 0.25) is 11.8 Å². The predicted octanol–water partition coefficient (Wildman–Crippen LogP) is 1.46. The molecule has 2 aliphatic rings. The molecule has 2 aliphatic heterocycles. The maximum Gasteiger partial charge on any atom is 0.344 e. The van der Waals surface area contributed by atoms with Crippen LogP contribution < -0.4 is 0 Å². The first-order valence-electron chi connectivity index (χ1n) is 6.76. The Morgan fingerprint density at radius 2 is 2.05 bits per heavy atom. The molecule has 2 aromatic rings. The zero-order valence-electron chi connectivity index (χ0n) is 11.1. The van der Waals surface area contributed by atoms with Crippen LogP contribution in [-0.4, -0.2) is 49.0 Å². The van der Waals surface area contributed by atoms with Crippen molar-refractivity contribution in [3.63, 3.8) is 0 Å². The fourth-order valence-electron chi connectivity index (χ4n) is 2.89. The molecule has 2 amide bonds. The summed E-state index contributed by atoms with van der Waals surface area (Å²) >= 11 is 0. The number of carbonyl (C=O) groups excluding carboxylic acids is 1. The lowest BCUT2D eigenvalue weighted by Gasteiger charge is -2.27. The maximum absolute atomic E-state index is 12.0. The van der Waals surface area contributed by atoms with E-state index in [1.54, 1.807) is 29.4 Å². The number of urea groups is 1. The van der Waals surface area contributed by atoms with E-state index in [1.807, 2.05) is 0 Å². The third kappa shape index (κ3) is 1.87. The molecule has 0 unspecified atom stereocenters. The predicted molar refractivity (Wildman–Crippen MR) is 69.0 cm³/mol. The van der Waals surface area contributed by atoms with Gasteiger partial charge in [-0.25, -0.2) is 9.86 Å². The summed E-state index contributed by atoms with van der Waals surface area (Å²) in [5.41, 5.74) is 0.786. The number of amides is 2. The minimum absolute atomic E-state index is 0.128. The Bertz CT molecular complexity index is 673. The van der Waals surface area contributed by atoms with Crippen LogP contribution in [0.2, 0.25) is 0 Å². The number of aromatic nitrogens is 3. The van der Waals surface area contributed by atoms with Crippen molar-refractivity contribution in [2.24, 2.45) is 0 Å². The summed E-state index contributed by atoms with van der Waals surface area (Å²) in [7, 11) is 0. The van der Waals surface area contributed by atoms with Crippen LogP contribution in [0.5, 0.6) is 0 Å². The van der Waals surface area contributed by atoms with Gasteiger partial charge in [0.15, 0.2) is 0 Å². The van der Waals surface area contributed by atoms with E-state index < -0.39 is 6.03 Å². The van der Waals surface area contributed by atoms with Gasteiger partial charge in [-0.3, -0.25) is 10.2 Å². The highest BCUT2D eigenvalue weighted by Gasteiger charge is 2.46. The summed E-state index contributed by atoms with van der Waals surface area (Å²) in [6.45, 7) is 0.493. The molecule has 2 aromatic heterocycles. The van der Waals surface area contributed by atoms with Gasteiger partial charge in [0, 0.05) is 24.5 Å². The summed E-state index contributed by atoms with van der Waals surface area (Å²) < 4.78 is 5.70. The summed E-state index contributed by atoms with van der Waals surface area (Å²) in [4.78, 5) is 17.5. The summed E-state index contributed by atoms with van der Waals surface area (Å²) in [5, 5.41) is 18.6. The Kier molecular flexibility index (Phi) is 2.64. The highest BCUT2D eigenvalue weighted by atomic mass is 16.5. The van der Waals surface area contributed by atoms with Gasteiger partial charge in [0.05, 0.1) is 6.04 Å². The van der Waals surface area contributed by atoms with Gasteiger partial charge in [-0.15, -0.1) is 10.2 Å². The Balaban J connectivity index is 1.63. The van der Waals surface area contributed by atoms with Crippen molar-refractivity contribution < 1.29 is 14.4 Å². The lowest BCUT2D eigenvalue weighted by atomic mass is 10.0. The normalized spacial score (nSPS) is 24.7. The van der Waals surface area contributed by atoms with Crippen molar-refractivity contribution in [1.82, 2.24) is 25.1 Å². The van der Waals surface area contributed by atoms with Gasteiger partial charge >= 0.3 is 6.03 Å². The zero-order valence-corrected chi connectivity index (χ0v) is 11.1. The standard InChI is InChI=1S/C13H13N5O3/c19-13-17-7-9(18(13)20)1-2-10(17)12-16-15-11(21-12)8-3-5-14-6-4-8/h3-6,9-10,20H,1-2,7H2/t9-,10+/m1/s1. The lowest BCUT2D eigenvalue weighted by Crippen LogP contribution is -2.34. The van der Waals surface area contributed by atoms with E-state index in [-0.39, 0.29) is 12.1 Å². The van der Waals surface area contributed by atoms with Crippen LogP contribution in [-0.2, 0) is 0 Å². The summed E-state index contributed by atoms with van der Waals surface area (Å²) in [6, 6.07) is 2.77. The van der Waals surface area contributed by atoms with Crippen molar-refractivity contribution in [1.29, 1.82) is 0 Å². The highest BCUT2D eigenvalue weighted by Crippen LogP contribution is 2.37. The summed E-state index contributed by atoms with van der Waals surface area (Å²) in [5.74, 6) is 0.811. The molecule has 0 aliphatic carbocycles. The van der Waals surface area contributed by atoms with Gasteiger partial charge < -0.3 is 9.32 Å². The largest absolute Gasteiger partial charge is 0.418 e. The van der Waals surface area contributed by atoms with Gasteiger partial charge in [-0.05, 0) is 25.0 Å². The van der Waals surface area contributed by atoms with Crippen LogP contribution in [0.15, 0.2) is 28.9 Å². The first-order valence-corrected chi connectivity index (χ1v) is 6.76. The quantitative estimate of drug-likeness (QED) is 0.840. The molecule has 4 heterocycles. The third-order valence-electron chi connectivity index (χ3n) is 4.00. The second-order valence-corrected chi connectivity index (χ2v) is 5.21. The maximum atomic E-state index is 12.0. The van der Waals surface area contributed by atoms with E-state index in [9.17, 15) is 10.0 Å². The van der Waals surface area contributed by atoms with E-state index >= 15 is 0 Å². The molecule has 2 saturated heterocycles. The molecule has 4 rings (SSSR count). The molecule has 108 valence electrons. The van der Waals surface area contributed by atoms with Crippen LogP contribution in [0.3, 0.4) is 0 Å². The van der Waals surface area contributed by atoms with Crippen molar-refractivity contribution in [3.8, 4) is 11.5 Å². The summed E-state index contributed by atoms with van der Waals surface area (Å²) in [6.07, 6.45) is 4.72. The Morgan fingerprint density at radius 1 is 1.24 bits per heavy atom. The van der Waals surface area contributed by atoms with E-state index in [2.05, 4.69) is 15.2 Å². The zero-order chi connectivity index (χ0) is 14.4. The van der Waals surface area contributed by atoms with Crippen LogP contribution >= 0.6 is 0 Å². The molecule has 0 spiro atoms. The van der Waals surface area contributed by atoms with Gasteiger partial charge in [0.25, 0.3) is 0 Å². The van der Waals surface area contributed by atoms with E-state index in [1.165, 1.54) is 0 Å². The van der Waals surface area contributed by atoms with Crippen LogP contribution in [0, 0.1) is 0 Å². The molecule has 2 fully saturated rings. The second-order valence-electron chi connectivity index (χ2n) is 5.21. The Labute approximate surface area is 120 Å². The number of pyridine rings is 1.